The van der Waals surface area contributed by atoms with Gasteiger partial charge < -0.3 is 15.5 Å². The highest BCUT2D eigenvalue weighted by Crippen LogP contribution is 2.34. The molecule has 82 valence electrons. The zero-order chi connectivity index (χ0) is 11.1. The molecule has 0 spiro atoms. The number of fused-ring (bicyclic) bond motifs is 3. The molecule has 3 rings (SSSR count). The third kappa shape index (κ3) is 1.32. The van der Waals surface area contributed by atoms with Gasteiger partial charge in [-0.2, -0.15) is 0 Å². The summed E-state index contributed by atoms with van der Waals surface area (Å²) in [6, 6.07) is 9.38. The van der Waals surface area contributed by atoms with E-state index in [0.29, 0.717) is 18.7 Å². The van der Waals surface area contributed by atoms with Gasteiger partial charge >= 0.3 is 0 Å². The van der Waals surface area contributed by atoms with E-state index in [4.69, 9.17) is 0 Å². The average molecular weight is 215 g/mol. The second-order valence-corrected chi connectivity index (χ2v) is 4.21. The smallest absolute Gasteiger partial charge is 0.123 e. The maximum Gasteiger partial charge on any atom is 0.123 e. The van der Waals surface area contributed by atoms with Crippen molar-refractivity contribution in [3.63, 3.8) is 0 Å². The minimum Gasteiger partial charge on any atom is -0.507 e. The van der Waals surface area contributed by atoms with Crippen LogP contribution in [0.15, 0.2) is 30.3 Å². The molecule has 0 fully saturated rings. The van der Waals surface area contributed by atoms with Gasteiger partial charge in [-0.05, 0) is 11.6 Å². The molecule has 3 N–H and O–H groups in total. The minimum absolute atomic E-state index is 0.299. The summed E-state index contributed by atoms with van der Waals surface area (Å²) < 4.78 is 0. The van der Waals surface area contributed by atoms with Gasteiger partial charge in [0.05, 0.1) is 6.10 Å². The second-order valence-electron chi connectivity index (χ2n) is 4.21. The van der Waals surface area contributed by atoms with Crippen molar-refractivity contribution in [2.24, 2.45) is 0 Å². The Morgan fingerprint density at radius 1 is 1.12 bits per heavy atom. The third-order valence-electron chi connectivity index (χ3n) is 3.09. The molecule has 1 aliphatic rings. The largest absolute Gasteiger partial charge is 0.507 e. The van der Waals surface area contributed by atoms with Crippen molar-refractivity contribution < 1.29 is 10.2 Å². The Kier molecular flexibility index (Phi) is 2.01. The Hall–Kier alpha value is -1.74. The second kappa shape index (κ2) is 3.39. The molecule has 1 heterocycles. The van der Waals surface area contributed by atoms with Crippen LogP contribution in [0.3, 0.4) is 0 Å². The van der Waals surface area contributed by atoms with Gasteiger partial charge in [0.15, 0.2) is 0 Å². The number of benzene rings is 2. The standard InChI is InChI=1S/C13H13NO2/c15-9-6-8-4-5-10-11(13(8)14-7-9)2-1-3-12(10)16/h1-5,9,14-16H,6-7H2/t9-/m1/s1. The van der Waals surface area contributed by atoms with Gasteiger partial charge in [0.2, 0.25) is 0 Å². The van der Waals surface area contributed by atoms with E-state index in [2.05, 4.69) is 5.32 Å². The molecule has 0 saturated carbocycles. The van der Waals surface area contributed by atoms with Crippen LogP contribution in [0.1, 0.15) is 5.56 Å². The number of hydrogen-bond acceptors (Lipinski definition) is 3. The highest BCUT2D eigenvalue weighted by Gasteiger charge is 2.18. The molecule has 1 atom stereocenters. The van der Waals surface area contributed by atoms with Crippen molar-refractivity contribution in [3.8, 4) is 5.75 Å². The number of phenolic OH excluding ortho intramolecular Hbond substituents is 1. The average Bonchev–Trinajstić information content (AvgIpc) is 2.28. The summed E-state index contributed by atoms with van der Waals surface area (Å²) in [5, 5.41) is 24.4. The van der Waals surface area contributed by atoms with Crippen molar-refractivity contribution >= 4 is 16.5 Å². The van der Waals surface area contributed by atoms with E-state index >= 15 is 0 Å². The molecule has 1 aliphatic heterocycles. The molecule has 0 unspecified atom stereocenters. The zero-order valence-electron chi connectivity index (χ0n) is 8.77. The Morgan fingerprint density at radius 2 is 2.00 bits per heavy atom. The van der Waals surface area contributed by atoms with Crippen LogP contribution >= 0.6 is 0 Å². The Morgan fingerprint density at radius 3 is 2.88 bits per heavy atom. The predicted molar refractivity (Wildman–Crippen MR) is 63.8 cm³/mol. The molecule has 3 heteroatoms. The Balaban J connectivity index is 2.28. The first kappa shape index (κ1) is 9.48. The Labute approximate surface area is 93.3 Å². The number of rotatable bonds is 0. The number of β-amino-alcohol motifs (C(OH)–C–C–N with tert-alkyl or cyclic N) is 1. The molecule has 0 aromatic heterocycles. The van der Waals surface area contributed by atoms with Gasteiger partial charge in [-0.1, -0.05) is 24.3 Å². The SMILES string of the molecule is Oc1cccc2c3c(ccc12)C[C@@H](O)CN3. The van der Waals surface area contributed by atoms with E-state index in [1.165, 1.54) is 0 Å². The monoisotopic (exact) mass is 215 g/mol. The predicted octanol–water partition coefficient (Wildman–Crippen LogP) is 1.87. The zero-order valence-corrected chi connectivity index (χ0v) is 8.77. The number of anilines is 1. The number of nitrogens with one attached hydrogen (secondary N) is 1. The Bertz CT molecular complexity index is 551. The van der Waals surface area contributed by atoms with Crippen molar-refractivity contribution in [3.05, 3.63) is 35.9 Å². The first-order valence-electron chi connectivity index (χ1n) is 5.41. The van der Waals surface area contributed by atoms with Crippen LogP contribution in [0, 0.1) is 0 Å². The number of aliphatic hydroxyl groups is 1. The molecule has 0 aliphatic carbocycles. The van der Waals surface area contributed by atoms with Gasteiger partial charge in [0.25, 0.3) is 0 Å². The summed E-state index contributed by atoms with van der Waals surface area (Å²) >= 11 is 0. The van der Waals surface area contributed by atoms with Gasteiger partial charge in [-0.3, -0.25) is 0 Å². The number of hydrogen-bond donors (Lipinski definition) is 3. The fourth-order valence-electron chi connectivity index (χ4n) is 2.31. The number of aliphatic hydroxyl groups excluding tert-OH is 1. The molecule has 2 aromatic rings. The van der Waals surface area contributed by atoms with Crippen LogP contribution in [0.25, 0.3) is 10.8 Å². The first-order chi connectivity index (χ1) is 7.75. The van der Waals surface area contributed by atoms with Crippen molar-refractivity contribution in [1.29, 1.82) is 0 Å². The van der Waals surface area contributed by atoms with E-state index < -0.39 is 0 Å². The molecule has 16 heavy (non-hydrogen) atoms. The van der Waals surface area contributed by atoms with Crippen molar-refractivity contribution in [1.82, 2.24) is 0 Å². The molecule has 3 nitrogen and oxygen atoms in total. The molecule has 2 aromatic carbocycles. The van der Waals surface area contributed by atoms with Gasteiger partial charge in [-0.15, -0.1) is 0 Å². The summed E-state index contributed by atoms with van der Waals surface area (Å²) in [4.78, 5) is 0. The van der Waals surface area contributed by atoms with Crippen LogP contribution in [0.5, 0.6) is 5.75 Å². The first-order valence-corrected chi connectivity index (χ1v) is 5.41. The molecular formula is C13H13NO2. The van der Waals surface area contributed by atoms with Crippen molar-refractivity contribution in [2.45, 2.75) is 12.5 Å². The minimum atomic E-state index is -0.317. The van der Waals surface area contributed by atoms with Crippen LogP contribution in [-0.2, 0) is 6.42 Å². The van der Waals surface area contributed by atoms with Crippen LogP contribution in [0.4, 0.5) is 5.69 Å². The van der Waals surface area contributed by atoms with Crippen LogP contribution in [-0.4, -0.2) is 22.9 Å². The molecule has 0 amide bonds. The lowest BCUT2D eigenvalue weighted by Gasteiger charge is -2.24. The van der Waals surface area contributed by atoms with Gasteiger partial charge in [0.1, 0.15) is 5.75 Å². The van der Waals surface area contributed by atoms with E-state index in [9.17, 15) is 10.2 Å². The maximum atomic E-state index is 9.75. The topological polar surface area (TPSA) is 52.5 Å². The lowest BCUT2D eigenvalue weighted by Crippen LogP contribution is -2.27. The normalized spacial score (nSPS) is 19.2. The quantitative estimate of drug-likeness (QED) is 0.629. The summed E-state index contributed by atoms with van der Waals surface area (Å²) in [6.07, 6.45) is 0.357. The number of aromatic hydroxyl groups is 1. The van der Waals surface area contributed by atoms with Gasteiger partial charge in [0, 0.05) is 29.4 Å². The highest BCUT2D eigenvalue weighted by atomic mass is 16.3. The lowest BCUT2D eigenvalue weighted by molar-refractivity contribution is 0.185. The highest BCUT2D eigenvalue weighted by molar-refractivity contribution is 5.99. The van der Waals surface area contributed by atoms with E-state index in [1.54, 1.807) is 6.07 Å². The van der Waals surface area contributed by atoms with Gasteiger partial charge in [-0.25, -0.2) is 0 Å². The summed E-state index contributed by atoms with van der Waals surface area (Å²) in [5.74, 6) is 0.299. The maximum absolute atomic E-state index is 9.75. The fourth-order valence-corrected chi connectivity index (χ4v) is 2.31. The van der Waals surface area contributed by atoms with Crippen molar-refractivity contribution in [2.75, 3.05) is 11.9 Å². The van der Waals surface area contributed by atoms with Crippen LogP contribution in [0.2, 0.25) is 0 Å². The summed E-state index contributed by atoms with van der Waals surface area (Å²) in [7, 11) is 0. The molecular weight excluding hydrogens is 202 g/mol. The lowest BCUT2D eigenvalue weighted by atomic mass is 9.96. The molecule has 0 radical (unpaired) electrons. The van der Waals surface area contributed by atoms with E-state index in [1.807, 2.05) is 24.3 Å². The third-order valence-corrected chi connectivity index (χ3v) is 3.09. The molecule has 0 saturated heterocycles. The number of phenols is 1. The molecule has 0 bridgehead atoms. The summed E-state index contributed by atoms with van der Waals surface area (Å²) in [6.45, 7) is 0.571. The van der Waals surface area contributed by atoms with Crippen LogP contribution < -0.4 is 5.32 Å². The fraction of sp³-hybridized carbons (Fsp3) is 0.231. The summed E-state index contributed by atoms with van der Waals surface area (Å²) in [5.41, 5.74) is 2.15. The van der Waals surface area contributed by atoms with E-state index in [-0.39, 0.29) is 6.10 Å². The van der Waals surface area contributed by atoms with E-state index in [0.717, 1.165) is 22.0 Å².